The number of halogens is 1. The zero-order valence-electron chi connectivity index (χ0n) is 19.0. The van der Waals surface area contributed by atoms with Crippen LogP contribution in [-0.2, 0) is 13.6 Å². The van der Waals surface area contributed by atoms with Crippen LogP contribution >= 0.6 is 24.0 Å². The van der Waals surface area contributed by atoms with Gasteiger partial charge in [-0.3, -0.25) is 9.48 Å². The van der Waals surface area contributed by atoms with E-state index in [0.717, 1.165) is 44.0 Å². The van der Waals surface area contributed by atoms with E-state index in [1.807, 2.05) is 49.1 Å². The third kappa shape index (κ3) is 6.95. The van der Waals surface area contributed by atoms with Crippen LogP contribution in [0.15, 0.2) is 41.7 Å². The Morgan fingerprint density at radius 3 is 2.84 bits per heavy atom. The van der Waals surface area contributed by atoms with Gasteiger partial charge in [-0.1, -0.05) is 19.1 Å². The van der Waals surface area contributed by atoms with Crippen LogP contribution in [-0.4, -0.2) is 52.2 Å². The maximum absolute atomic E-state index is 12.4. The van der Waals surface area contributed by atoms with E-state index in [9.17, 15) is 4.79 Å². The van der Waals surface area contributed by atoms with Gasteiger partial charge in [-0.15, -0.1) is 24.0 Å². The molecule has 3 rings (SSSR count). The molecule has 1 aliphatic rings. The summed E-state index contributed by atoms with van der Waals surface area (Å²) in [6, 6.07) is 7.91. The number of guanidine groups is 1. The minimum absolute atomic E-state index is 0. The van der Waals surface area contributed by atoms with Crippen LogP contribution in [0, 0.1) is 0 Å². The molecule has 1 fully saturated rings. The lowest BCUT2D eigenvalue weighted by molar-refractivity contribution is 0.0939. The number of aromatic nitrogens is 2. The minimum Gasteiger partial charge on any atom is -0.357 e. The van der Waals surface area contributed by atoms with Crippen molar-refractivity contribution in [1.82, 2.24) is 25.3 Å². The van der Waals surface area contributed by atoms with Crippen molar-refractivity contribution < 1.29 is 4.79 Å². The summed E-state index contributed by atoms with van der Waals surface area (Å²) in [5, 5.41) is 10.8. The predicted molar refractivity (Wildman–Crippen MR) is 136 cm³/mol. The average molecular weight is 538 g/mol. The lowest BCUT2D eigenvalue weighted by Crippen LogP contribution is -2.40. The molecule has 2 N–H and O–H groups in total. The summed E-state index contributed by atoms with van der Waals surface area (Å²) >= 11 is 0. The van der Waals surface area contributed by atoms with Gasteiger partial charge in [0.05, 0.1) is 12.7 Å². The van der Waals surface area contributed by atoms with Crippen LogP contribution in [0.1, 0.15) is 61.0 Å². The van der Waals surface area contributed by atoms with E-state index in [1.165, 1.54) is 5.56 Å². The Labute approximate surface area is 202 Å². The maximum Gasteiger partial charge on any atom is 0.251 e. The Bertz CT molecular complexity index is 880. The predicted octanol–water partition coefficient (Wildman–Crippen LogP) is 3.52. The van der Waals surface area contributed by atoms with Gasteiger partial charge >= 0.3 is 0 Å². The van der Waals surface area contributed by atoms with E-state index in [-0.39, 0.29) is 35.9 Å². The molecule has 1 saturated heterocycles. The monoisotopic (exact) mass is 538 g/mol. The molecule has 1 amide bonds. The van der Waals surface area contributed by atoms with Crippen molar-refractivity contribution in [3.8, 4) is 0 Å². The van der Waals surface area contributed by atoms with Crippen molar-refractivity contribution in [1.29, 1.82) is 0 Å². The maximum atomic E-state index is 12.4. The molecule has 8 heteroatoms. The molecule has 7 nitrogen and oxygen atoms in total. The average Bonchev–Trinajstić information content (AvgIpc) is 3.40. The van der Waals surface area contributed by atoms with Gasteiger partial charge < -0.3 is 15.5 Å². The number of aryl methyl sites for hydroxylation is 1. The molecule has 2 aromatic rings. The topological polar surface area (TPSA) is 74.6 Å². The number of carbonyl (C=O) groups is 1. The van der Waals surface area contributed by atoms with Crippen LogP contribution in [0.4, 0.5) is 0 Å². The second kappa shape index (κ2) is 12.1. The zero-order chi connectivity index (χ0) is 21.5. The molecule has 1 aromatic carbocycles. The van der Waals surface area contributed by atoms with Crippen LogP contribution in [0.5, 0.6) is 0 Å². The molecule has 0 saturated carbocycles. The van der Waals surface area contributed by atoms with E-state index in [4.69, 9.17) is 4.99 Å². The number of nitrogens with zero attached hydrogens (tertiary/aromatic N) is 4. The number of carbonyl (C=O) groups excluding carboxylic acids is 1. The van der Waals surface area contributed by atoms with Gasteiger partial charge in [0.25, 0.3) is 5.91 Å². The standard InChI is InChI=1S/C23H34N6O.HI/c1-5-17(3)27-22(30)19-9-7-8-18(12-19)13-25-23(24-6-2)29-11-10-20(16-29)21-14-26-28(4)15-21;/h7-9,12,14-15,17,20H,5-6,10-11,13,16H2,1-4H3,(H,24,25)(H,27,30);1H. The molecular formula is C23H35IN6O. The third-order valence-corrected chi connectivity index (χ3v) is 5.61. The Kier molecular flexibility index (Phi) is 9.80. The van der Waals surface area contributed by atoms with E-state index < -0.39 is 0 Å². The summed E-state index contributed by atoms with van der Waals surface area (Å²) in [5.74, 6) is 1.38. The molecular weight excluding hydrogens is 503 g/mol. The lowest BCUT2D eigenvalue weighted by atomic mass is 10.0. The third-order valence-electron chi connectivity index (χ3n) is 5.61. The number of hydrogen-bond acceptors (Lipinski definition) is 3. The lowest BCUT2D eigenvalue weighted by Gasteiger charge is -2.21. The molecule has 2 atom stereocenters. The van der Waals surface area contributed by atoms with Crippen LogP contribution in [0.2, 0.25) is 0 Å². The first-order chi connectivity index (χ1) is 14.5. The minimum atomic E-state index is -0.0269. The molecule has 0 bridgehead atoms. The molecule has 1 aromatic heterocycles. The largest absolute Gasteiger partial charge is 0.357 e. The first kappa shape index (κ1) is 25.2. The Morgan fingerprint density at radius 2 is 2.16 bits per heavy atom. The number of aliphatic imine (C=N–C) groups is 1. The summed E-state index contributed by atoms with van der Waals surface area (Å²) in [6.07, 6.45) is 6.08. The summed E-state index contributed by atoms with van der Waals surface area (Å²) in [6.45, 7) is 9.45. The Balaban J connectivity index is 0.00000341. The highest BCUT2D eigenvalue weighted by Gasteiger charge is 2.26. The van der Waals surface area contributed by atoms with Gasteiger partial charge in [0.1, 0.15) is 0 Å². The van der Waals surface area contributed by atoms with E-state index in [1.54, 1.807) is 0 Å². The van der Waals surface area contributed by atoms with Gasteiger partial charge in [0.2, 0.25) is 0 Å². The molecule has 0 spiro atoms. The molecule has 1 aliphatic heterocycles. The Morgan fingerprint density at radius 1 is 1.35 bits per heavy atom. The van der Waals surface area contributed by atoms with Crippen molar-refractivity contribution in [3.63, 3.8) is 0 Å². The van der Waals surface area contributed by atoms with E-state index in [2.05, 4.69) is 40.7 Å². The first-order valence-electron chi connectivity index (χ1n) is 10.9. The number of hydrogen-bond donors (Lipinski definition) is 2. The quantitative estimate of drug-likeness (QED) is 0.322. The van der Waals surface area contributed by atoms with Crippen LogP contribution < -0.4 is 10.6 Å². The van der Waals surface area contributed by atoms with Gasteiger partial charge in [-0.2, -0.15) is 5.10 Å². The van der Waals surface area contributed by atoms with Crippen LogP contribution in [0.25, 0.3) is 0 Å². The number of rotatable bonds is 7. The number of benzene rings is 1. The molecule has 170 valence electrons. The fourth-order valence-electron chi connectivity index (χ4n) is 3.69. The highest BCUT2D eigenvalue weighted by Crippen LogP contribution is 2.26. The van der Waals surface area contributed by atoms with Crippen molar-refractivity contribution in [3.05, 3.63) is 53.3 Å². The summed E-state index contributed by atoms with van der Waals surface area (Å²) < 4.78 is 1.86. The molecule has 0 aliphatic carbocycles. The van der Waals surface area contributed by atoms with E-state index in [0.29, 0.717) is 18.0 Å². The van der Waals surface area contributed by atoms with E-state index >= 15 is 0 Å². The SMILES string of the molecule is CCNC(=NCc1cccc(C(=O)NC(C)CC)c1)N1CCC(c2cnn(C)c2)C1.I. The van der Waals surface area contributed by atoms with Crippen molar-refractivity contribution >= 4 is 35.8 Å². The second-order valence-corrected chi connectivity index (χ2v) is 8.03. The Hall–Kier alpha value is -2.10. The highest BCUT2D eigenvalue weighted by atomic mass is 127. The second-order valence-electron chi connectivity index (χ2n) is 8.03. The molecule has 2 unspecified atom stereocenters. The molecule has 0 radical (unpaired) electrons. The molecule has 2 heterocycles. The fourth-order valence-corrected chi connectivity index (χ4v) is 3.69. The van der Waals surface area contributed by atoms with Gasteiger partial charge in [0, 0.05) is 50.4 Å². The smallest absolute Gasteiger partial charge is 0.251 e. The number of likely N-dealkylation sites (tertiary alicyclic amines) is 1. The number of amides is 1. The van der Waals surface area contributed by atoms with Crippen molar-refractivity contribution in [2.75, 3.05) is 19.6 Å². The first-order valence-corrected chi connectivity index (χ1v) is 10.9. The van der Waals surface area contributed by atoms with Gasteiger partial charge in [0.15, 0.2) is 5.96 Å². The fraction of sp³-hybridized carbons (Fsp3) is 0.522. The highest BCUT2D eigenvalue weighted by molar-refractivity contribution is 14.0. The summed E-state index contributed by atoms with van der Waals surface area (Å²) in [7, 11) is 1.96. The van der Waals surface area contributed by atoms with Crippen LogP contribution in [0.3, 0.4) is 0 Å². The summed E-state index contributed by atoms with van der Waals surface area (Å²) in [4.78, 5) is 19.6. The number of nitrogens with one attached hydrogen (secondary N) is 2. The van der Waals surface area contributed by atoms with Crippen molar-refractivity contribution in [2.24, 2.45) is 12.0 Å². The summed E-state index contributed by atoms with van der Waals surface area (Å²) in [5.41, 5.74) is 3.01. The van der Waals surface area contributed by atoms with Gasteiger partial charge in [-0.05, 0) is 49.9 Å². The molecule has 31 heavy (non-hydrogen) atoms. The zero-order valence-corrected chi connectivity index (χ0v) is 21.3. The normalized spacial score (nSPS) is 17.2. The van der Waals surface area contributed by atoms with Crippen molar-refractivity contribution in [2.45, 2.75) is 52.1 Å². The van der Waals surface area contributed by atoms with Gasteiger partial charge in [-0.25, -0.2) is 4.99 Å².